The first-order valence-electron chi connectivity index (χ1n) is 7.93. The average molecular weight is 307 g/mol. The summed E-state index contributed by atoms with van der Waals surface area (Å²) in [5, 5.41) is 5.13. The molecule has 1 fully saturated rings. The monoisotopic (exact) mass is 306 g/mol. The van der Waals surface area contributed by atoms with Gasteiger partial charge in [0.05, 0.1) is 0 Å². The first-order valence-corrected chi connectivity index (χ1v) is 8.31. The Kier molecular flexibility index (Phi) is 5.17. The number of furan rings is 1. The molecule has 0 spiro atoms. The zero-order valence-corrected chi connectivity index (χ0v) is 13.2. The Labute approximate surface area is 131 Å². The normalized spacial score (nSPS) is 17.2. The fourth-order valence-electron chi connectivity index (χ4n) is 3.04. The summed E-state index contributed by atoms with van der Waals surface area (Å²) in [6, 6.07) is 8.02. The molecule has 1 aromatic carbocycles. The highest BCUT2D eigenvalue weighted by Crippen LogP contribution is 2.29. The van der Waals surface area contributed by atoms with Crippen LogP contribution in [0.1, 0.15) is 31.2 Å². The Morgan fingerprint density at radius 2 is 1.86 bits per heavy atom. The van der Waals surface area contributed by atoms with E-state index in [1.54, 1.807) is 0 Å². The fourth-order valence-corrected chi connectivity index (χ4v) is 3.30. The van der Waals surface area contributed by atoms with Gasteiger partial charge < -0.3 is 14.6 Å². The van der Waals surface area contributed by atoms with E-state index in [0.717, 1.165) is 36.2 Å². The summed E-state index contributed by atoms with van der Waals surface area (Å²) in [6.07, 6.45) is 5.47. The van der Waals surface area contributed by atoms with E-state index in [1.807, 2.05) is 18.2 Å². The maximum Gasteiger partial charge on any atom is 0.199 e. The second-order valence-corrected chi connectivity index (χ2v) is 6.13. The SMILES string of the molecule is Clc1oc2ccccc2c1CNCCN1CCCCCC1. The lowest BCUT2D eigenvalue weighted by atomic mass is 10.2. The highest BCUT2D eigenvalue weighted by Gasteiger charge is 2.12. The van der Waals surface area contributed by atoms with Crippen molar-refractivity contribution in [1.82, 2.24) is 10.2 Å². The van der Waals surface area contributed by atoms with Crippen molar-refractivity contribution < 1.29 is 4.42 Å². The number of nitrogens with one attached hydrogen (secondary N) is 1. The zero-order valence-electron chi connectivity index (χ0n) is 12.4. The van der Waals surface area contributed by atoms with E-state index in [4.69, 9.17) is 16.0 Å². The van der Waals surface area contributed by atoms with Crippen LogP contribution in [0, 0.1) is 0 Å². The molecule has 3 nitrogen and oxygen atoms in total. The van der Waals surface area contributed by atoms with Gasteiger partial charge in [0, 0.05) is 30.6 Å². The van der Waals surface area contributed by atoms with Crippen LogP contribution in [-0.2, 0) is 6.54 Å². The molecule has 3 rings (SSSR count). The fraction of sp³-hybridized carbons (Fsp3) is 0.529. The Hall–Kier alpha value is -1.03. The van der Waals surface area contributed by atoms with E-state index in [2.05, 4.69) is 16.3 Å². The maximum absolute atomic E-state index is 6.20. The summed E-state index contributed by atoms with van der Waals surface area (Å²) in [5.41, 5.74) is 1.94. The van der Waals surface area contributed by atoms with Gasteiger partial charge in [-0.1, -0.05) is 31.0 Å². The van der Waals surface area contributed by atoms with Gasteiger partial charge in [0.25, 0.3) is 0 Å². The molecule has 0 radical (unpaired) electrons. The van der Waals surface area contributed by atoms with Crippen molar-refractivity contribution in [2.24, 2.45) is 0 Å². The lowest BCUT2D eigenvalue weighted by Gasteiger charge is -2.19. The lowest BCUT2D eigenvalue weighted by Crippen LogP contribution is -2.32. The van der Waals surface area contributed by atoms with E-state index < -0.39 is 0 Å². The van der Waals surface area contributed by atoms with Crippen molar-refractivity contribution in [3.63, 3.8) is 0 Å². The minimum atomic E-state index is 0.512. The number of para-hydroxylation sites is 1. The molecular weight excluding hydrogens is 284 g/mol. The first-order chi connectivity index (χ1) is 10.3. The molecular formula is C17H23ClN2O. The standard InChI is InChI=1S/C17H23ClN2O/c18-17-15(14-7-3-4-8-16(14)21-17)13-19-9-12-20-10-5-1-2-6-11-20/h3-4,7-8,19H,1-2,5-6,9-13H2. The van der Waals surface area contributed by atoms with Gasteiger partial charge in [-0.2, -0.15) is 0 Å². The summed E-state index contributed by atoms with van der Waals surface area (Å²) >= 11 is 6.20. The van der Waals surface area contributed by atoms with Gasteiger partial charge in [0.15, 0.2) is 5.22 Å². The van der Waals surface area contributed by atoms with Crippen molar-refractivity contribution >= 4 is 22.6 Å². The highest BCUT2D eigenvalue weighted by atomic mass is 35.5. The third-order valence-corrected chi connectivity index (χ3v) is 4.56. The summed E-state index contributed by atoms with van der Waals surface area (Å²) in [5.74, 6) is 0. The molecule has 1 aliphatic heterocycles. The summed E-state index contributed by atoms with van der Waals surface area (Å²) in [7, 11) is 0. The van der Waals surface area contributed by atoms with Crippen LogP contribution in [0.2, 0.25) is 5.22 Å². The molecule has 0 bridgehead atoms. The smallest absolute Gasteiger partial charge is 0.199 e. The predicted octanol–water partition coefficient (Wildman–Crippen LogP) is 4.05. The molecule has 114 valence electrons. The zero-order chi connectivity index (χ0) is 14.5. The quantitative estimate of drug-likeness (QED) is 0.845. The molecule has 21 heavy (non-hydrogen) atoms. The van der Waals surface area contributed by atoms with Crippen LogP contribution in [0.5, 0.6) is 0 Å². The number of nitrogens with zero attached hydrogens (tertiary/aromatic N) is 1. The average Bonchev–Trinajstić information content (AvgIpc) is 2.67. The number of likely N-dealkylation sites (tertiary alicyclic amines) is 1. The van der Waals surface area contributed by atoms with Crippen molar-refractivity contribution in [3.8, 4) is 0 Å². The molecule has 2 heterocycles. The molecule has 0 saturated carbocycles. The van der Waals surface area contributed by atoms with Crippen LogP contribution < -0.4 is 5.32 Å². The van der Waals surface area contributed by atoms with Crippen molar-refractivity contribution in [2.45, 2.75) is 32.2 Å². The van der Waals surface area contributed by atoms with Crippen LogP contribution in [-0.4, -0.2) is 31.1 Å². The number of halogens is 1. The molecule has 0 amide bonds. The number of fused-ring (bicyclic) bond motifs is 1. The maximum atomic E-state index is 6.20. The summed E-state index contributed by atoms with van der Waals surface area (Å²) in [6.45, 7) is 5.38. The second-order valence-electron chi connectivity index (χ2n) is 5.78. The van der Waals surface area contributed by atoms with Gasteiger partial charge in [0.2, 0.25) is 0 Å². The molecule has 1 saturated heterocycles. The van der Waals surface area contributed by atoms with Crippen LogP contribution in [0.3, 0.4) is 0 Å². The Bertz CT molecular complexity index is 573. The lowest BCUT2D eigenvalue weighted by molar-refractivity contribution is 0.284. The third kappa shape index (κ3) is 3.79. The van der Waals surface area contributed by atoms with E-state index in [-0.39, 0.29) is 0 Å². The van der Waals surface area contributed by atoms with Crippen LogP contribution >= 0.6 is 11.6 Å². The van der Waals surface area contributed by atoms with E-state index in [9.17, 15) is 0 Å². The Morgan fingerprint density at radius 1 is 1.10 bits per heavy atom. The molecule has 0 aliphatic carbocycles. The molecule has 0 unspecified atom stereocenters. The van der Waals surface area contributed by atoms with Crippen molar-refractivity contribution in [3.05, 3.63) is 35.0 Å². The van der Waals surface area contributed by atoms with E-state index >= 15 is 0 Å². The molecule has 1 aromatic heterocycles. The van der Waals surface area contributed by atoms with Crippen molar-refractivity contribution in [1.29, 1.82) is 0 Å². The van der Waals surface area contributed by atoms with Gasteiger partial charge in [-0.25, -0.2) is 0 Å². The predicted molar refractivity (Wildman–Crippen MR) is 87.8 cm³/mol. The van der Waals surface area contributed by atoms with E-state index in [1.165, 1.54) is 38.8 Å². The van der Waals surface area contributed by atoms with Crippen molar-refractivity contribution in [2.75, 3.05) is 26.2 Å². The first kappa shape index (κ1) is 14.9. The molecule has 2 aromatic rings. The van der Waals surface area contributed by atoms with Gasteiger partial charge >= 0.3 is 0 Å². The van der Waals surface area contributed by atoms with Gasteiger partial charge in [0.1, 0.15) is 5.58 Å². The van der Waals surface area contributed by atoms with Crippen LogP contribution in [0.4, 0.5) is 0 Å². The topological polar surface area (TPSA) is 28.4 Å². The molecule has 1 N–H and O–H groups in total. The number of hydrogen-bond donors (Lipinski definition) is 1. The van der Waals surface area contributed by atoms with Crippen LogP contribution in [0.15, 0.2) is 28.7 Å². The van der Waals surface area contributed by atoms with Gasteiger partial charge in [-0.05, 0) is 43.6 Å². The third-order valence-electron chi connectivity index (χ3n) is 4.25. The number of benzene rings is 1. The largest absolute Gasteiger partial charge is 0.444 e. The van der Waals surface area contributed by atoms with Crippen LogP contribution in [0.25, 0.3) is 11.0 Å². The molecule has 1 aliphatic rings. The minimum Gasteiger partial charge on any atom is -0.444 e. The van der Waals surface area contributed by atoms with E-state index in [0.29, 0.717) is 5.22 Å². The number of rotatable bonds is 5. The Morgan fingerprint density at radius 3 is 2.67 bits per heavy atom. The Balaban J connectivity index is 1.51. The van der Waals surface area contributed by atoms with Gasteiger partial charge in [-0.3, -0.25) is 0 Å². The van der Waals surface area contributed by atoms with Gasteiger partial charge in [-0.15, -0.1) is 0 Å². The summed E-state index contributed by atoms with van der Waals surface area (Å²) < 4.78 is 5.58. The second kappa shape index (κ2) is 7.30. The molecule has 0 atom stereocenters. The minimum absolute atomic E-state index is 0.512. The number of hydrogen-bond acceptors (Lipinski definition) is 3. The summed E-state index contributed by atoms with van der Waals surface area (Å²) in [4.78, 5) is 2.56. The molecule has 4 heteroatoms. The highest BCUT2D eigenvalue weighted by molar-refractivity contribution is 6.30.